The molecule has 0 aliphatic heterocycles. The molecule has 2 aromatic rings. The Morgan fingerprint density at radius 3 is 2.00 bits per heavy atom. The van der Waals surface area contributed by atoms with Gasteiger partial charge in [0.15, 0.2) is 0 Å². The van der Waals surface area contributed by atoms with E-state index < -0.39 is 0 Å². The van der Waals surface area contributed by atoms with Gasteiger partial charge in [-0.15, -0.1) is 0 Å². The summed E-state index contributed by atoms with van der Waals surface area (Å²) in [4.78, 5) is 0. The summed E-state index contributed by atoms with van der Waals surface area (Å²) in [6, 6.07) is 20.9. The average Bonchev–Trinajstić information content (AvgIpc) is 2.73. The van der Waals surface area contributed by atoms with Gasteiger partial charge in [0.2, 0.25) is 0 Å². The van der Waals surface area contributed by atoms with E-state index in [1.165, 1.54) is 16.7 Å². The molecule has 0 radical (unpaired) electrons. The third-order valence-electron chi connectivity index (χ3n) is 4.45. The lowest BCUT2D eigenvalue weighted by Gasteiger charge is -2.22. The van der Waals surface area contributed by atoms with Gasteiger partial charge < -0.3 is 5.11 Å². The van der Waals surface area contributed by atoms with Crippen LogP contribution in [0.15, 0.2) is 66.2 Å². The van der Waals surface area contributed by atoms with Crippen LogP contribution in [0.2, 0.25) is 0 Å². The topological polar surface area (TPSA) is 20.2 Å². The van der Waals surface area contributed by atoms with Crippen molar-refractivity contribution in [3.8, 4) is 0 Å². The van der Waals surface area contributed by atoms with Crippen LogP contribution in [-0.4, -0.2) is 11.2 Å². The number of rotatable bonds is 2. The van der Waals surface area contributed by atoms with Crippen LogP contribution in [0.4, 0.5) is 0 Å². The van der Waals surface area contributed by atoms with Gasteiger partial charge in [0.25, 0.3) is 0 Å². The highest BCUT2D eigenvalue weighted by Gasteiger charge is 2.38. The van der Waals surface area contributed by atoms with E-state index in [1.807, 2.05) is 12.1 Å². The lowest BCUT2D eigenvalue weighted by molar-refractivity contribution is 0.157. The molecule has 2 aromatic carbocycles. The zero-order valence-electron chi connectivity index (χ0n) is 12.0. The second-order valence-electron chi connectivity index (χ2n) is 5.66. The monoisotopic (exact) mass is 264 g/mol. The van der Waals surface area contributed by atoms with Crippen LogP contribution in [0.3, 0.4) is 0 Å². The first kappa shape index (κ1) is 13.1. The number of hydrogen-bond donors (Lipinski definition) is 1. The van der Waals surface area contributed by atoms with E-state index in [9.17, 15) is 5.11 Å². The first-order valence-electron chi connectivity index (χ1n) is 7.19. The fourth-order valence-corrected chi connectivity index (χ4v) is 3.40. The van der Waals surface area contributed by atoms with E-state index in [0.717, 1.165) is 5.57 Å². The van der Waals surface area contributed by atoms with Gasteiger partial charge in [-0.25, -0.2) is 0 Å². The van der Waals surface area contributed by atoms with Crippen molar-refractivity contribution in [1.82, 2.24) is 0 Å². The first-order valence-corrected chi connectivity index (χ1v) is 7.19. The van der Waals surface area contributed by atoms with Gasteiger partial charge in [-0.2, -0.15) is 0 Å². The highest BCUT2D eigenvalue weighted by molar-refractivity contribution is 5.77. The Labute approximate surface area is 120 Å². The SMILES string of the molecule is CC1=C(c2ccccc2)[C@H](c2ccccc2)[C@@H](C)[C@@H]1O. The molecule has 0 unspecified atom stereocenters. The maximum absolute atomic E-state index is 10.5. The summed E-state index contributed by atoms with van der Waals surface area (Å²) >= 11 is 0. The number of allylic oxidation sites excluding steroid dienone is 1. The van der Waals surface area contributed by atoms with Crippen LogP contribution in [0.5, 0.6) is 0 Å². The maximum atomic E-state index is 10.5. The van der Waals surface area contributed by atoms with Crippen molar-refractivity contribution in [3.05, 3.63) is 77.4 Å². The minimum absolute atomic E-state index is 0.215. The highest BCUT2D eigenvalue weighted by atomic mass is 16.3. The predicted molar refractivity (Wildman–Crippen MR) is 83.4 cm³/mol. The zero-order valence-corrected chi connectivity index (χ0v) is 12.0. The Morgan fingerprint density at radius 2 is 1.40 bits per heavy atom. The second-order valence-corrected chi connectivity index (χ2v) is 5.66. The van der Waals surface area contributed by atoms with Gasteiger partial charge >= 0.3 is 0 Å². The average molecular weight is 264 g/mol. The van der Waals surface area contributed by atoms with Gasteiger partial charge in [-0.05, 0) is 35.1 Å². The van der Waals surface area contributed by atoms with Crippen LogP contribution in [0.1, 0.15) is 30.9 Å². The smallest absolute Gasteiger partial charge is 0.0788 e. The van der Waals surface area contributed by atoms with E-state index in [2.05, 4.69) is 62.4 Å². The summed E-state index contributed by atoms with van der Waals surface area (Å²) in [6.45, 7) is 4.20. The summed E-state index contributed by atoms with van der Waals surface area (Å²) in [5, 5.41) is 10.5. The summed E-state index contributed by atoms with van der Waals surface area (Å²) < 4.78 is 0. The number of aliphatic hydroxyl groups is 1. The van der Waals surface area contributed by atoms with Crippen LogP contribution < -0.4 is 0 Å². The van der Waals surface area contributed by atoms with Crippen molar-refractivity contribution in [2.75, 3.05) is 0 Å². The van der Waals surface area contributed by atoms with Crippen molar-refractivity contribution in [2.45, 2.75) is 25.9 Å². The number of aliphatic hydroxyl groups excluding tert-OH is 1. The molecule has 1 aliphatic carbocycles. The largest absolute Gasteiger partial charge is 0.388 e. The molecule has 0 aromatic heterocycles. The lowest BCUT2D eigenvalue weighted by atomic mass is 9.83. The Kier molecular flexibility index (Phi) is 3.45. The first-order chi connectivity index (χ1) is 9.70. The van der Waals surface area contributed by atoms with Crippen molar-refractivity contribution in [3.63, 3.8) is 0 Å². The molecule has 0 spiro atoms. The van der Waals surface area contributed by atoms with E-state index >= 15 is 0 Å². The summed E-state index contributed by atoms with van der Waals surface area (Å²) in [5.74, 6) is 0.487. The molecular weight excluding hydrogens is 244 g/mol. The third kappa shape index (κ3) is 2.08. The molecule has 1 aliphatic rings. The molecule has 1 nitrogen and oxygen atoms in total. The molecule has 0 fully saturated rings. The molecule has 0 saturated heterocycles. The normalized spacial score (nSPS) is 26.1. The van der Waals surface area contributed by atoms with E-state index in [1.54, 1.807) is 0 Å². The fraction of sp³-hybridized carbons (Fsp3) is 0.263. The van der Waals surface area contributed by atoms with Crippen LogP contribution in [-0.2, 0) is 0 Å². The Morgan fingerprint density at radius 1 is 0.850 bits per heavy atom. The third-order valence-corrected chi connectivity index (χ3v) is 4.45. The number of benzene rings is 2. The fourth-order valence-electron chi connectivity index (χ4n) is 3.40. The minimum atomic E-state index is -0.351. The Hall–Kier alpha value is -1.86. The Balaban J connectivity index is 2.13. The number of hydrogen-bond acceptors (Lipinski definition) is 1. The molecule has 20 heavy (non-hydrogen) atoms. The summed E-state index contributed by atoms with van der Waals surface area (Å²) in [7, 11) is 0. The quantitative estimate of drug-likeness (QED) is 0.859. The van der Waals surface area contributed by atoms with Gasteiger partial charge in [0.1, 0.15) is 0 Å². The molecule has 1 heteroatoms. The van der Waals surface area contributed by atoms with E-state index in [4.69, 9.17) is 0 Å². The maximum Gasteiger partial charge on any atom is 0.0788 e. The summed E-state index contributed by atoms with van der Waals surface area (Å²) in [5.41, 5.74) is 4.91. The molecule has 3 atom stereocenters. The van der Waals surface area contributed by atoms with Crippen molar-refractivity contribution >= 4 is 5.57 Å². The molecule has 1 N–H and O–H groups in total. The molecule has 0 saturated carbocycles. The molecule has 3 rings (SSSR count). The molecular formula is C19H20O. The van der Waals surface area contributed by atoms with Crippen LogP contribution >= 0.6 is 0 Å². The van der Waals surface area contributed by atoms with Gasteiger partial charge in [0.05, 0.1) is 6.10 Å². The standard InChI is InChI=1S/C19H20O/c1-13-17(15-9-5-3-6-10-15)18(14(2)19(13)20)16-11-7-4-8-12-16/h3-13,17,19-20H,1-2H3/t13-,17+,19+/m1/s1. The zero-order chi connectivity index (χ0) is 14.1. The predicted octanol–water partition coefficient (Wildman–Crippen LogP) is 4.25. The van der Waals surface area contributed by atoms with E-state index in [-0.39, 0.29) is 17.9 Å². The van der Waals surface area contributed by atoms with Gasteiger partial charge in [-0.1, -0.05) is 67.6 Å². The lowest BCUT2D eigenvalue weighted by Crippen LogP contribution is -2.17. The second kappa shape index (κ2) is 5.26. The van der Waals surface area contributed by atoms with Gasteiger partial charge in [0, 0.05) is 5.92 Å². The van der Waals surface area contributed by atoms with E-state index in [0.29, 0.717) is 0 Å². The van der Waals surface area contributed by atoms with Crippen molar-refractivity contribution in [2.24, 2.45) is 5.92 Å². The minimum Gasteiger partial charge on any atom is -0.388 e. The molecule has 102 valence electrons. The molecule has 0 amide bonds. The molecule has 0 bridgehead atoms. The highest BCUT2D eigenvalue weighted by Crippen LogP contribution is 2.48. The summed E-state index contributed by atoms with van der Waals surface area (Å²) in [6.07, 6.45) is -0.351. The van der Waals surface area contributed by atoms with Gasteiger partial charge in [-0.3, -0.25) is 0 Å². The van der Waals surface area contributed by atoms with Crippen LogP contribution in [0, 0.1) is 5.92 Å². The Bertz CT molecular complexity index is 613. The van der Waals surface area contributed by atoms with Crippen molar-refractivity contribution in [1.29, 1.82) is 0 Å². The van der Waals surface area contributed by atoms with Crippen LogP contribution in [0.25, 0.3) is 5.57 Å². The molecule has 0 heterocycles. The van der Waals surface area contributed by atoms with Crippen molar-refractivity contribution < 1.29 is 5.11 Å².